The zero-order chi connectivity index (χ0) is 21.7. The number of carboxylic acids is 2. The lowest BCUT2D eigenvalue weighted by molar-refractivity contribution is -0.268. The van der Waals surface area contributed by atoms with Crippen LogP contribution in [0.3, 0.4) is 0 Å². The number of aliphatic carboxylic acids is 2. The number of carbonyl (C=O) groups is 5. The molecule has 0 spiro atoms. The van der Waals surface area contributed by atoms with E-state index in [9.17, 15) is 24.0 Å². The molecule has 0 radical (unpaired) electrons. The van der Waals surface area contributed by atoms with Gasteiger partial charge in [-0.2, -0.15) is 9.78 Å². The Bertz CT molecular complexity index is 688. The molecule has 28 heavy (non-hydrogen) atoms. The van der Waals surface area contributed by atoms with Gasteiger partial charge < -0.3 is 14.9 Å². The normalized spacial score (nSPS) is 15.7. The molecule has 1 aliphatic heterocycles. The highest BCUT2D eigenvalue weighted by Gasteiger charge is 2.61. The predicted molar refractivity (Wildman–Crippen MR) is 84.6 cm³/mol. The second-order valence-electron chi connectivity index (χ2n) is 6.33. The highest BCUT2D eigenvalue weighted by Crippen LogP contribution is 2.39. The fourth-order valence-corrected chi connectivity index (χ4v) is 2.15. The number of hydrogen-bond donors (Lipinski definition) is 2. The summed E-state index contributed by atoms with van der Waals surface area (Å²) < 4.78 is 4.80. The van der Waals surface area contributed by atoms with E-state index in [0.29, 0.717) is 0 Å². The van der Waals surface area contributed by atoms with Gasteiger partial charge >= 0.3 is 35.6 Å². The fourth-order valence-electron chi connectivity index (χ4n) is 2.15. The molecule has 0 aromatic heterocycles. The lowest BCUT2D eigenvalue weighted by atomic mass is 9.72. The molecule has 12 heteroatoms. The Hall–Kier alpha value is -2.99. The van der Waals surface area contributed by atoms with Crippen LogP contribution in [-0.4, -0.2) is 52.5 Å². The Balaban J connectivity index is 2.89. The summed E-state index contributed by atoms with van der Waals surface area (Å²) in [7, 11) is 0. The number of ether oxygens (including phenoxy) is 1. The van der Waals surface area contributed by atoms with E-state index in [0.717, 1.165) is 0 Å². The van der Waals surface area contributed by atoms with Crippen molar-refractivity contribution in [2.75, 3.05) is 6.61 Å². The van der Waals surface area contributed by atoms with Crippen LogP contribution in [0.15, 0.2) is 12.2 Å². The minimum atomic E-state index is -2.24. The molecule has 1 rings (SSSR count). The molecule has 1 atom stereocenters. The van der Waals surface area contributed by atoms with Gasteiger partial charge in [0.1, 0.15) is 6.42 Å². The smallest absolute Gasteiger partial charge is 0.420 e. The Morgan fingerprint density at radius 2 is 1.64 bits per heavy atom. The van der Waals surface area contributed by atoms with Crippen molar-refractivity contribution in [1.29, 1.82) is 0 Å². The summed E-state index contributed by atoms with van der Waals surface area (Å²) in [6.45, 7) is 7.85. The minimum Gasteiger partial charge on any atom is -0.481 e. The summed E-state index contributed by atoms with van der Waals surface area (Å²) in [6.07, 6.45) is -1.69. The molecule has 0 amide bonds. The summed E-state index contributed by atoms with van der Waals surface area (Å²) >= 11 is 0. The molecule has 12 nitrogen and oxygen atoms in total. The molecule has 2 N–H and O–H groups in total. The topological polar surface area (TPSA) is 179 Å². The zero-order valence-corrected chi connectivity index (χ0v) is 15.4. The quantitative estimate of drug-likeness (QED) is 0.168. The van der Waals surface area contributed by atoms with Gasteiger partial charge in [-0.15, -0.1) is 0 Å². The van der Waals surface area contributed by atoms with Crippen molar-refractivity contribution in [1.82, 2.24) is 0 Å². The van der Waals surface area contributed by atoms with Crippen LogP contribution < -0.4 is 0 Å². The van der Waals surface area contributed by atoms with Gasteiger partial charge in [0.2, 0.25) is 0 Å². The van der Waals surface area contributed by atoms with Gasteiger partial charge in [0.05, 0.1) is 18.9 Å². The van der Waals surface area contributed by atoms with Gasteiger partial charge in [0, 0.05) is 11.0 Å². The SMILES string of the molecule is C=C(C(=O)OCC)C(C)(C)C(CC(=O)O)C(=O)OOC(=O)C1(CC(=O)O)OO1. The Morgan fingerprint density at radius 1 is 1.07 bits per heavy atom. The summed E-state index contributed by atoms with van der Waals surface area (Å²) in [5.74, 6) is -10.2. The van der Waals surface area contributed by atoms with Crippen molar-refractivity contribution >= 4 is 29.8 Å². The zero-order valence-electron chi connectivity index (χ0n) is 15.4. The van der Waals surface area contributed by atoms with E-state index in [1.165, 1.54) is 13.8 Å². The molecule has 0 aromatic rings. The highest BCUT2D eigenvalue weighted by molar-refractivity contribution is 5.91. The summed E-state index contributed by atoms with van der Waals surface area (Å²) in [5, 5.41) is 17.7. The number of hydrogen-bond acceptors (Lipinski definition) is 10. The molecule has 1 saturated heterocycles. The van der Waals surface area contributed by atoms with Crippen molar-refractivity contribution in [2.24, 2.45) is 11.3 Å². The van der Waals surface area contributed by atoms with Crippen LogP contribution >= 0.6 is 0 Å². The van der Waals surface area contributed by atoms with E-state index in [1.807, 2.05) is 0 Å². The highest BCUT2D eigenvalue weighted by atomic mass is 17.4. The summed E-state index contributed by atoms with van der Waals surface area (Å²) in [6, 6.07) is 0. The number of rotatable bonds is 10. The van der Waals surface area contributed by atoms with Crippen LogP contribution in [0.4, 0.5) is 0 Å². The molecule has 1 heterocycles. The minimum absolute atomic E-state index is 0.0330. The van der Waals surface area contributed by atoms with Crippen LogP contribution in [0.1, 0.15) is 33.6 Å². The molecule has 0 bridgehead atoms. The van der Waals surface area contributed by atoms with Crippen LogP contribution in [0.25, 0.3) is 0 Å². The van der Waals surface area contributed by atoms with Gasteiger partial charge in [0.15, 0.2) is 0 Å². The Labute approximate surface area is 158 Å². The summed E-state index contributed by atoms with van der Waals surface area (Å²) in [5.41, 5.74) is -1.64. The molecule has 1 fully saturated rings. The molecular formula is C16H20O12. The molecule has 156 valence electrons. The third kappa shape index (κ3) is 5.50. The van der Waals surface area contributed by atoms with Crippen LogP contribution in [0, 0.1) is 11.3 Å². The second kappa shape index (κ2) is 8.80. The van der Waals surface area contributed by atoms with E-state index >= 15 is 0 Å². The van der Waals surface area contributed by atoms with Crippen molar-refractivity contribution in [3.05, 3.63) is 12.2 Å². The summed E-state index contributed by atoms with van der Waals surface area (Å²) in [4.78, 5) is 74.9. The first kappa shape index (κ1) is 23.0. The number of esters is 1. The van der Waals surface area contributed by atoms with Gasteiger partial charge in [-0.3, -0.25) is 9.59 Å². The monoisotopic (exact) mass is 404 g/mol. The maximum absolute atomic E-state index is 12.3. The van der Waals surface area contributed by atoms with E-state index in [1.54, 1.807) is 6.92 Å². The predicted octanol–water partition coefficient (Wildman–Crippen LogP) is 0.357. The van der Waals surface area contributed by atoms with Crippen LogP contribution in [0.5, 0.6) is 0 Å². The van der Waals surface area contributed by atoms with Crippen molar-refractivity contribution in [3.8, 4) is 0 Å². The lowest BCUT2D eigenvalue weighted by Gasteiger charge is -2.31. The van der Waals surface area contributed by atoms with Gasteiger partial charge in [-0.05, 0) is 6.92 Å². The molecule has 0 saturated carbocycles. The Morgan fingerprint density at radius 3 is 2.07 bits per heavy atom. The first-order valence-corrected chi connectivity index (χ1v) is 7.97. The van der Waals surface area contributed by atoms with Gasteiger partial charge in [-0.25, -0.2) is 24.2 Å². The third-order valence-corrected chi connectivity index (χ3v) is 4.01. The van der Waals surface area contributed by atoms with E-state index < -0.39 is 59.8 Å². The maximum Gasteiger partial charge on any atom is 0.420 e. The lowest BCUT2D eigenvalue weighted by Crippen LogP contribution is -2.39. The first-order chi connectivity index (χ1) is 12.9. The van der Waals surface area contributed by atoms with E-state index in [4.69, 9.17) is 14.9 Å². The van der Waals surface area contributed by atoms with Crippen LogP contribution in [0.2, 0.25) is 0 Å². The second-order valence-corrected chi connectivity index (χ2v) is 6.33. The van der Waals surface area contributed by atoms with Gasteiger partial charge in [0.25, 0.3) is 0 Å². The van der Waals surface area contributed by atoms with Crippen LogP contribution in [-0.2, 0) is 48.3 Å². The first-order valence-electron chi connectivity index (χ1n) is 7.97. The molecule has 0 aromatic carbocycles. The van der Waals surface area contributed by atoms with E-state index in [-0.39, 0.29) is 12.2 Å². The largest absolute Gasteiger partial charge is 0.481 e. The number of carbonyl (C=O) groups excluding carboxylic acids is 3. The van der Waals surface area contributed by atoms with Crippen molar-refractivity contribution in [3.63, 3.8) is 0 Å². The standard InChI is InChI=1S/C16H20O12/c1-5-24-12(21)8(2)15(3,4)9(6-10(17)18)13(22)25-26-14(23)16(27-28-16)7-11(19)20/h9H,2,5-7H2,1,3-4H3,(H,17,18)(H,19,20). The molecular weight excluding hydrogens is 384 g/mol. The fraction of sp³-hybridized carbons (Fsp3) is 0.562. The molecule has 1 aliphatic rings. The average molecular weight is 404 g/mol. The third-order valence-electron chi connectivity index (χ3n) is 4.01. The average Bonchev–Trinajstić information content (AvgIpc) is 3.36. The van der Waals surface area contributed by atoms with Crippen molar-refractivity contribution < 1.29 is 58.5 Å². The molecule has 0 aliphatic carbocycles. The van der Waals surface area contributed by atoms with Gasteiger partial charge in [-0.1, -0.05) is 20.4 Å². The van der Waals surface area contributed by atoms with E-state index in [2.05, 4.69) is 26.1 Å². The Kier molecular flexibility index (Phi) is 7.24. The van der Waals surface area contributed by atoms with Crippen molar-refractivity contribution in [2.45, 2.75) is 39.4 Å². The number of carboxylic acid groups (broad SMARTS) is 2. The maximum atomic E-state index is 12.3. The molecule has 1 unspecified atom stereocenters.